The Bertz CT molecular complexity index is 798. The van der Waals surface area contributed by atoms with Gasteiger partial charge in [-0.15, -0.1) is 0 Å². The van der Waals surface area contributed by atoms with Crippen molar-refractivity contribution in [2.75, 3.05) is 0 Å². The van der Waals surface area contributed by atoms with Crippen molar-refractivity contribution in [3.8, 4) is 0 Å². The molecule has 1 N–H and O–H groups in total. The molecule has 2 aromatic heterocycles. The molecule has 2 rings (SSSR count). The average molecular weight is 413 g/mol. The first kappa shape index (κ1) is 19.1. The van der Waals surface area contributed by atoms with Crippen LogP contribution in [0, 0.1) is 29.9 Å². The normalized spacial score (nSPS) is 12.2. The van der Waals surface area contributed by atoms with E-state index in [2.05, 4.69) is 31.4 Å². The summed E-state index contributed by atoms with van der Waals surface area (Å²) in [5, 5.41) is 22.3. The second-order valence-electron chi connectivity index (χ2n) is 5.83. The molecule has 10 heteroatoms. The van der Waals surface area contributed by atoms with Gasteiger partial charge in [0.15, 0.2) is 0 Å². The smallest absolute Gasteiger partial charge is 0.312 e. The molecule has 25 heavy (non-hydrogen) atoms. The summed E-state index contributed by atoms with van der Waals surface area (Å²) in [7, 11) is 0. The predicted molar refractivity (Wildman–Crippen MR) is 95.0 cm³/mol. The van der Waals surface area contributed by atoms with Gasteiger partial charge in [-0.3, -0.25) is 24.3 Å². The molecule has 0 aliphatic heterocycles. The fourth-order valence-electron chi connectivity index (χ4n) is 2.65. The molecule has 0 fully saturated rings. The minimum absolute atomic E-state index is 0.00314. The molecule has 0 saturated heterocycles. The van der Waals surface area contributed by atoms with E-state index in [0.29, 0.717) is 24.5 Å². The van der Waals surface area contributed by atoms with Gasteiger partial charge in [0.25, 0.3) is 0 Å². The summed E-state index contributed by atoms with van der Waals surface area (Å²) in [6.45, 7) is 8.32. The van der Waals surface area contributed by atoms with Crippen molar-refractivity contribution in [1.82, 2.24) is 24.9 Å². The Hall–Kier alpha value is -2.23. The number of nitrogens with one attached hydrogen (secondary N) is 1. The van der Waals surface area contributed by atoms with E-state index in [9.17, 15) is 14.9 Å². The zero-order valence-corrected chi connectivity index (χ0v) is 16.2. The quantitative estimate of drug-likeness (QED) is 0.554. The summed E-state index contributed by atoms with van der Waals surface area (Å²) in [6, 6.07) is 0. The number of hydrogen-bond donors (Lipinski definition) is 1. The van der Waals surface area contributed by atoms with Crippen molar-refractivity contribution in [1.29, 1.82) is 0 Å². The second kappa shape index (κ2) is 7.77. The molecular weight excluding hydrogens is 392 g/mol. The van der Waals surface area contributed by atoms with Crippen LogP contribution in [-0.2, 0) is 24.4 Å². The molecule has 2 aromatic rings. The summed E-state index contributed by atoms with van der Waals surface area (Å²) in [5.41, 5.74) is 1.70. The summed E-state index contributed by atoms with van der Waals surface area (Å²) in [5.74, 6) is -0.527. The number of nitro groups is 1. The predicted octanol–water partition coefficient (Wildman–Crippen LogP) is 2.34. The topological polar surface area (TPSA) is 108 Å². The lowest BCUT2D eigenvalue weighted by molar-refractivity contribution is -0.386. The molecule has 0 aromatic carbocycles. The zero-order valence-electron chi connectivity index (χ0n) is 14.6. The monoisotopic (exact) mass is 412 g/mol. The molecule has 136 valence electrons. The van der Waals surface area contributed by atoms with Gasteiger partial charge in [0.05, 0.1) is 40.3 Å². The van der Waals surface area contributed by atoms with E-state index in [1.165, 1.54) is 4.68 Å². The Balaban J connectivity index is 2.02. The lowest BCUT2D eigenvalue weighted by atomic mass is 10.1. The van der Waals surface area contributed by atoms with Gasteiger partial charge in [0, 0.05) is 6.54 Å². The number of halogens is 1. The lowest BCUT2D eigenvalue weighted by Crippen LogP contribution is -2.32. The first-order valence-electron chi connectivity index (χ1n) is 7.92. The third kappa shape index (κ3) is 4.06. The summed E-state index contributed by atoms with van der Waals surface area (Å²) >= 11 is 3.42. The van der Waals surface area contributed by atoms with Crippen LogP contribution < -0.4 is 5.32 Å². The van der Waals surface area contributed by atoms with E-state index < -0.39 is 4.92 Å². The molecule has 0 saturated carbocycles. The summed E-state index contributed by atoms with van der Waals surface area (Å²) < 4.78 is 4.17. The Labute approximate surface area is 153 Å². The number of rotatable bonds is 7. The van der Waals surface area contributed by atoms with Gasteiger partial charge < -0.3 is 5.32 Å². The molecule has 2 heterocycles. The van der Waals surface area contributed by atoms with Crippen molar-refractivity contribution in [2.45, 2.75) is 47.3 Å². The molecule has 0 aliphatic carbocycles. The fourth-order valence-corrected chi connectivity index (χ4v) is 3.09. The number of nitrogens with zero attached hydrogens (tertiary/aromatic N) is 5. The van der Waals surface area contributed by atoms with Crippen LogP contribution >= 0.6 is 15.9 Å². The Morgan fingerprint density at radius 3 is 2.68 bits per heavy atom. The highest BCUT2D eigenvalue weighted by atomic mass is 79.9. The highest BCUT2D eigenvalue weighted by Crippen LogP contribution is 2.22. The Kier molecular flexibility index (Phi) is 5.93. The lowest BCUT2D eigenvalue weighted by Gasteiger charge is -2.14. The molecule has 1 unspecified atom stereocenters. The highest BCUT2D eigenvalue weighted by Gasteiger charge is 2.24. The molecule has 0 bridgehead atoms. The third-order valence-electron chi connectivity index (χ3n) is 4.05. The van der Waals surface area contributed by atoms with E-state index in [4.69, 9.17) is 0 Å². The van der Waals surface area contributed by atoms with Gasteiger partial charge in [-0.25, -0.2) is 0 Å². The van der Waals surface area contributed by atoms with Crippen molar-refractivity contribution >= 4 is 27.5 Å². The van der Waals surface area contributed by atoms with Crippen LogP contribution in [0.25, 0.3) is 0 Å². The minimum Gasteiger partial charge on any atom is -0.350 e. The number of amides is 1. The fraction of sp³-hybridized carbons (Fsp3) is 0.533. The van der Waals surface area contributed by atoms with Crippen LogP contribution in [0.4, 0.5) is 5.69 Å². The zero-order chi connectivity index (χ0) is 18.7. The maximum atomic E-state index is 12.4. The van der Waals surface area contributed by atoms with E-state index >= 15 is 0 Å². The Morgan fingerprint density at radius 1 is 1.44 bits per heavy atom. The van der Waals surface area contributed by atoms with Gasteiger partial charge in [0.1, 0.15) is 11.4 Å². The molecule has 0 spiro atoms. The molecular formula is C15H21BrN6O3. The number of aromatic nitrogens is 4. The van der Waals surface area contributed by atoms with Gasteiger partial charge in [-0.05, 0) is 36.7 Å². The third-order valence-corrected chi connectivity index (χ3v) is 4.71. The van der Waals surface area contributed by atoms with Gasteiger partial charge in [-0.2, -0.15) is 10.2 Å². The van der Waals surface area contributed by atoms with Crippen LogP contribution in [0.1, 0.15) is 30.9 Å². The molecule has 0 aliphatic rings. The highest BCUT2D eigenvalue weighted by molar-refractivity contribution is 9.10. The summed E-state index contributed by atoms with van der Waals surface area (Å²) in [4.78, 5) is 23.0. The van der Waals surface area contributed by atoms with Crippen LogP contribution in [0.15, 0.2) is 10.7 Å². The maximum absolute atomic E-state index is 12.4. The molecule has 0 radical (unpaired) electrons. The van der Waals surface area contributed by atoms with Gasteiger partial charge in [0.2, 0.25) is 5.91 Å². The second-order valence-corrected chi connectivity index (χ2v) is 6.69. The van der Waals surface area contributed by atoms with E-state index in [1.807, 2.05) is 6.92 Å². The van der Waals surface area contributed by atoms with Crippen molar-refractivity contribution < 1.29 is 9.72 Å². The van der Waals surface area contributed by atoms with E-state index in [1.54, 1.807) is 31.6 Å². The first-order valence-corrected chi connectivity index (χ1v) is 8.71. The number of carbonyl (C=O) groups is 1. The summed E-state index contributed by atoms with van der Waals surface area (Å²) in [6.07, 6.45) is 1.70. The van der Waals surface area contributed by atoms with Gasteiger partial charge >= 0.3 is 5.69 Å². The number of aryl methyl sites for hydroxylation is 2. The number of carbonyl (C=O) groups excluding carboxylic acids is 1. The maximum Gasteiger partial charge on any atom is 0.312 e. The van der Waals surface area contributed by atoms with Gasteiger partial charge in [-0.1, -0.05) is 6.92 Å². The standard InChI is InChI=1S/C15H21BrN6O3/c1-5-20-13(12(16)6-18-20)7-17-15(23)9(2)8-21-11(4)14(22(24)25)10(3)19-21/h6,9H,5,7-8H2,1-4H3,(H,17,23). The van der Waals surface area contributed by atoms with Crippen LogP contribution in [0.2, 0.25) is 0 Å². The Morgan fingerprint density at radius 2 is 2.12 bits per heavy atom. The largest absolute Gasteiger partial charge is 0.350 e. The van der Waals surface area contributed by atoms with E-state index in [0.717, 1.165) is 10.2 Å². The average Bonchev–Trinajstić information content (AvgIpc) is 3.04. The molecule has 9 nitrogen and oxygen atoms in total. The van der Waals surface area contributed by atoms with Crippen molar-refractivity contribution in [3.63, 3.8) is 0 Å². The molecule has 1 amide bonds. The van der Waals surface area contributed by atoms with E-state index in [-0.39, 0.29) is 24.1 Å². The van der Waals surface area contributed by atoms with Crippen molar-refractivity contribution in [2.24, 2.45) is 5.92 Å². The first-order chi connectivity index (χ1) is 11.8. The minimum atomic E-state index is -0.442. The SMILES string of the molecule is CCn1ncc(Br)c1CNC(=O)C(C)Cn1nc(C)c([N+](=O)[O-])c1C. The van der Waals surface area contributed by atoms with Crippen LogP contribution in [0.5, 0.6) is 0 Å². The molecule has 1 atom stereocenters. The van der Waals surface area contributed by atoms with Crippen molar-refractivity contribution in [3.05, 3.63) is 37.9 Å². The van der Waals surface area contributed by atoms with Crippen LogP contribution in [0.3, 0.4) is 0 Å². The van der Waals surface area contributed by atoms with Crippen LogP contribution in [-0.4, -0.2) is 30.4 Å². The number of hydrogen-bond acceptors (Lipinski definition) is 5.